The van der Waals surface area contributed by atoms with Gasteiger partial charge in [-0.15, -0.1) is 0 Å². The van der Waals surface area contributed by atoms with Crippen molar-refractivity contribution in [3.8, 4) is 11.8 Å². The normalized spacial score (nSPS) is 9.75. The van der Waals surface area contributed by atoms with Gasteiger partial charge in [-0.25, -0.2) is 0 Å². The highest BCUT2D eigenvalue weighted by Crippen LogP contribution is 2.10. The zero-order valence-electron chi connectivity index (χ0n) is 12.3. The number of aliphatic hydroxyl groups is 1. The van der Waals surface area contributed by atoms with Crippen molar-refractivity contribution in [2.75, 3.05) is 13.2 Å². The summed E-state index contributed by atoms with van der Waals surface area (Å²) in [4.78, 5) is 12.1. The van der Waals surface area contributed by atoms with Crippen LogP contribution in [0, 0.1) is 18.8 Å². The topological polar surface area (TPSA) is 49.3 Å². The van der Waals surface area contributed by atoms with Crippen LogP contribution in [0.25, 0.3) is 0 Å². The van der Waals surface area contributed by atoms with Crippen LogP contribution in [0.2, 0.25) is 0 Å². The number of nitrogens with one attached hydrogen (secondary N) is 1. The minimum Gasteiger partial charge on any atom is -0.395 e. The molecule has 0 saturated heterocycles. The minimum absolute atomic E-state index is 0.0376. The van der Waals surface area contributed by atoms with Gasteiger partial charge in [0, 0.05) is 24.1 Å². The molecule has 1 aromatic rings. The van der Waals surface area contributed by atoms with Crippen molar-refractivity contribution < 1.29 is 9.90 Å². The quantitative estimate of drug-likeness (QED) is 0.618. The molecule has 0 aliphatic heterocycles. The molecule has 3 nitrogen and oxygen atoms in total. The largest absolute Gasteiger partial charge is 0.395 e. The van der Waals surface area contributed by atoms with Crippen molar-refractivity contribution in [3.05, 3.63) is 34.9 Å². The van der Waals surface area contributed by atoms with Gasteiger partial charge in [0.2, 0.25) is 0 Å². The van der Waals surface area contributed by atoms with Crippen LogP contribution in [0.4, 0.5) is 0 Å². The molecule has 0 aromatic heterocycles. The van der Waals surface area contributed by atoms with Gasteiger partial charge in [0.15, 0.2) is 0 Å². The predicted molar refractivity (Wildman–Crippen MR) is 81.6 cm³/mol. The van der Waals surface area contributed by atoms with Gasteiger partial charge in [-0.3, -0.25) is 4.79 Å². The number of hydrogen-bond donors (Lipinski definition) is 2. The maximum absolute atomic E-state index is 12.1. The number of carbonyl (C=O) groups is 1. The van der Waals surface area contributed by atoms with Gasteiger partial charge in [0.1, 0.15) is 0 Å². The molecular weight excluding hydrogens is 250 g/mol. The standard InChI is InChI=1S/C17H23NO2/c1-3-4-6-11-18-17(20)16-13-15(8-5-7-12-19)10-9-14(16)2/h9-10,13,19H,3-4,6-7,11-12H2,1-2H3,(H,18,20). The summed E-state index contributed by atoms with van der Waals surface area (Å²) in [6.07, 6.45) is 3.74. The number of aliphatic hydroxyl groups excluding tert-OH is 1. The van der Waals surface area contributed by atoms with Crippen molar-refractivity contribution >= 4 is 5.91 Å². The molecule has 0 fully saturated rings. The van der Waals surface area contributed by atoms with Crippen molar-refractivity contribution in [2.24, 2.45) is 0 Å². The van der Waals surface area contributed by atoms with Crippen LogP contribution in [-0.4, -0.2) is 24.2 Å². The summed E-state index contributed by atoms with van der Waals surface area (Å²) in [5.41, 5.74) is 2.44. The maximum Gasteiger partial charge on any atom is 0.251 e. The molecule has 2 N–H and O–H groups in total. The average molecular weight is 273 g/mol. The van der Waals surface area contributed by atoms with E-state index in [4.69, 9.17) is 5.11 Å². The molecule has 0 aliphatic carbocycles. The molecule has 1 amide bonds. The molecule has 0 saturated carbocycles. The lowest BCUT2D eigenvalue weighted by atomic mass is 10.0. The Kier molecular flexibility index (Phi) is 7.46. The van der Waals surface area contributed by atoms with E-state index in [2.05, 4.69) is 24.1 Å². The molecular formula is C17H23NO2. The lowest BCUT2D eigenvalue weighted by Crippen LogP contribution is -2.25. The first-order chi connectivity index (χ1) is 9.69. The van der Waals surface area contributed by atoms with Gasteiger partial charge in [-0.05, 0) is 31.0 Å². The first-order valence-electron chi connectivity index (χ1n) is 7.17. The van der Waals surface area contributed by atoms with Crippen LogP contribution in [-0.2, 0) is 0 Å². The monoisotopic (exact) mass is 273 g/mol. The Balaban J connectivity index is 2.71. The van der Waals surface area contributed by atoms with Gasteiger partial charge in [0.25, 0.3) is 5.91 Å². The van der Waals surface area contributed by atoms with E-state index in [1.165, 1.54) is 0 Å². The zero-order valence-corrected chi connectivity index (χ0v) is 12.3. The van der Waals surface area contributed by atoms with Gasteiger partial charge in [0.05, 0.1) is 6.61 Å². The Morgan fingerprint density at radius 3 is 2.85 bits per heavy atom. The highest BCUT2D eigenvalue weighted by Gasteiger charge is 2.08. The molecule has 0 bridgehead atoms. The Bertz CT molecular complexity index is 497. The number of carbonyl (C=O) groups excluding carboxylic acids is 1. The molecule has 0 atom stereocenters. The SMILES string of the molecule is CCCCCNC(=O)c1cc(C#CCCO)ccc1C. The highest BCUT2D eigenvalue weighted by molar-refractivity contribution is 5.96. The fourth-order valence-corrected chi connectivity index (χ4v) is 1.84. The number of amides is 1. The maximum atomic E-state index is 12.1. The second-order valence-corrected chi connectivity index (χ2v) is 4.77. The van der Waals surface area contributed by atoms with E-state index in [0.29, 0.717) is 18.5 Å². The summed E-state index contributed by atoms with van der Waals surface area (Å²) in [6.45, 7) is 4.84. The van der Waals surface area contributed by atoms with E-state index >= 15 is 0 Å². The number of rotatable bonds is 6. The zero-order chi connectivity index (χ0) is 14.8. The van der Waals surface area contributed by atoms with E-state index in [-0.39, 0.29) is 12.5 Å². The fourth-order valence-electron chi connectivity index (χ4n) is 1.84. The first kappa shape index (κ1) is 16.3. The average Bonchev–Trinajstić information content (AvgIpc) is 2.45. The van der Waals surface area contributed by atoms with E-state index < -0.39 is 0 Å². The van der Waals surface area contributed by atoms with Crippen molar-refractivity contribution in [2.45, 2.75) is 39.5 Å². The fraction of sp³-hybridized carbons (Fsp3) is 0.471. The summed E-state index contributed by atoms with van der Waals surface area (Å²) >= 11 is 0. The van der Waals surface area contributed by atoms with Gasteiger partial charge in [-0.2, -0.15) is 0 Å². The Morgan fingerprint density at radius 2 is 2.15 bits per heavy atom. The molecule has 3 heteroatoms. The number of hydrogen-bond acceptors (Lipinski definition) is 2. The summed E-state index contributed by atoms with van der Waals surface area (Å²) < 4.78 is 0. The Labute approximate surface area is 121 Å². The molecule has 0 aliphatic rings. The van der Waals surface area contributed by atoms with Crippen LogP contribution in [0.15, 0.2) is 18.2 Å². The molecule has 0 spiro atoms. The van der Waals surface area contributed by atoms with Crippen molar-refractivity contribution in [3.63, 3.8) is 0 Å². The molecule has 1 rings (SSSR count). The van der Waals surface area contributed by atoms with E-state index in [1.54, 1.807) is 0 Å². The van der Waals surface area contributed by atoms with Crippen LogP contribution in [0.3, 0.4) is 0 Å². The minimum atomic E-state index is -0.0376. The third kappa shape index (κ3) is 5.46. The highest BCUT2D eigenvalue weighted by atomic mass is 16.2. The van der Waals surface area contributed by atoms with Crippen LogP contribution < -0.4 is 5.32 Å². The molecule has 1 aromatic carbocycles. The van der Waals surface area contributed by atoms with Crippen molar-refractivity contribution in [1.29, 1.82) is 0 Å². The Morgan fingerprint density at radius 1 is 1.35 bits per heavy atom. The van der Waals surface area contributed by atoms with Crippen molar-refractivity contribution in [1.82, 2.24) is 5.32 Å². The van der Waals surface area contributed by atoms with Gasteiger partial charge in [-0.1, -0.05) is 37.7 Å². The molecule has 20 heavy (non-hydrogen) atoms. The summed E-state index contributed by atoms with van der Waals surface area (Å²) in [5.74, 6) is 5.78. The second kappa shape index (κ2) is 9.17. The number of unbranched alkanes of at least 4 members (excludes halogenated alkanes) is 2. The lowest BCUT2D eigenvalue weighted by Gasteiger charge is -2.08. The Hall–Kier alpha value is -1.79. The first-order valence-corrected chi connectivity index (χ1v) is 7.17. The van der Waals surface area contributed by atoms with Gasteiger partial charge < -0.3 is 10.4 Å². The molecule has 0 radical (unpaired) electrons. The molecule has 0 unspecified atom stereocenters. The predicted octanol–water partition coefficient (Wildman–Crippen LogP) is 2.65. The van der Waals surface area contributed by atoms with E-state index in [0.717, 1.165) is 30.4 Å². The number of benzene rings is 1. The van der Waals surface area contributed by atoms with Crippen LogP contribution >= 0.6 is 0 Å². The third-order valence-electron chi connectivity index (χ3n) is 3.02. The summed E-state index contributed by atoms with van der Waals surface area (Å²) in [7, 11) is 0. The number of aryl methyl sites for hydroxylation is 1. The van der Waals surface area contributed by atoms with Crippen LogP contribution in [0.5, 0.6) is 0 Å². The third-order valence-corrected chi connectivity index (χ3v) is 3.02. The molecule has 0 heterocycles. The second-order valence-electron chi connectivity index (χ2n) is 4.77. The van der Waals surface area contributed by atoms with E-state index in [9.17, 15) is 4.79 Å². The van der Waals surface area contributed by atoms with Gasteiger partial charge >= 0.3 is 0 Å². The molecule has 108 valence electrons. The lowest BCUT2D eigenvalue weighted by molar-refractivity contribution is 0.0952. The summed E-state index contributed by atoms with van der Waals surface area (Å²) in [5, 5.41) is 11.6. The summed E-state index contributed by atoms with van der Waals surface area (Å²) in [6, 6.07) is 5.62. The van der Waals surface area contributed by atoms with Crippen LogP contribution in [0.1, 0.15) is 54.1 Å². The smallest absolute Gasteiger partial charge is 0.251 e. The van der Waals surface area contributed by atoms with E-state index in [1.807, 2.05) is 25.1 Å².